The molecule has 6 heteroatoms. The third kappa shape index (κ3) is 4.63. The van der Waals surface area contributed by atoms with Gasteiger partial charge in [0.2, 0.25) is 0 Å². The molecule has 2 atom stereocenters. The average Bonchev–Trinajstić information content (AvgIpc) is 2.65. The topological polar surface area (TPSA) is 82.6 Å². The average molecular weight is 369 g/mol. The highest BCUT2D eigenvalue weighted by atomic mass is 16.5. The Labute approximate surface area is 159 Å². The van der Waals surface area contributed by atoms with Gasteiger partial charge in [-0.05, 0) is 69.0 Å². The third-order valence-corrected chi connectivity index (χ3v) is 5.51. The molecule has 144 valence electrons. The van der Waals surface area contributed by atoms with E-state index in [0.29, 0.717) is 24.2 Å². The highest BCUT2D eigenvalue weighted by Crippen LogP contribution is 2.31. The number of likely N-dealkylation sites (tertiary alicyclic amines) is 1. The van der Waals surface area contributed by atoms with Crippen LogP contribution >= 0.6 is 0 Å². The lowest BCUT2D eigenvalue weighted by molar-refractivity contribution is -0.307. The highest BCUT2D eigenvalue weighted by molar-refractivity contribution is 6.07. The molecule has 1 aliphatic heterocycles. The molecular weight excluding hydrogens is 344 g/mol. The van der Waals surface area contributed by atoms with E-state index in [4.69, 9.17) is 4.74 Å². The van der Waals surface area contributed by atoms with Crippen molar-refractivity contribution in [3.8, 4) is 5.75 Å². The van der Waals surface area contributed by atoms with Gasteiger partial charge in [-0.1, -0.05) is 0 Å². The highest BCUT2D eigenvalue weighted by Gasteiger charge is 2.28. The fourth-order valence-corrected chi connectivity index (χ4v) is 4.03. The number of fused-ring (bicyclic) bond motifs is 1. The molecule has 0 N–H and O–H groups in total. The lowest BCUT2D eigenvalue weighted by Gasteiger charge is -2.37. The number of carbonyl (C=O) groups excluding carboxylic acids is 2. The van der Waals surface area contributed by atoms with Crippen LogP contribution in [0.3, 0.4) is 0 Å². The number of nitrogens with zero attached hydrogens (tertiary/aromatic N) is 2. The van der Waals surface area contributed by atoms with Gasteiger partial charge in [0.25, 0.3) is 0 Å². The van der Waals surface area contributed by atoms with Crippen LogP contribution in [0.25, 0.3) is 10.9 Å². The molecule has 2 unspecified atom stereocenters. The number of carboxylic acid groups (broad SMARTS) is 1. The zero-order chi connectivity index (χ0) is 19.4. The molecule has 1 aliphatic rings. The summed E-state index contributed by atoms with van der Waals surface area (Å²) in [6.07, 6.45) is 3.70. The number of aliphatic carboxylic acids is 1. The van der Waals surface area contributed by atoms with Crippen LogP contribution in [0.4, 0.5) is 0 Å². The lowest BCUT2D eigenvalue weighted by Crippen LogP contribution is -2.41. The predicted molar refractivity (Wildman–Crippen MR) is 101 cm³/mol. The second-order valence-corrected chi connectivity index (χ2v) is 7.35. The number of piperidine rings is 1. The molecule has 2 aromatic rings. The van der Waals surface area contributed by atoms with Crippen molar-refractivity contribution in [3.05, 3.63) is 36.0 Å². The number of carboxylic acids is 1. The van der Waals surface area contributed by atoms with Crippen LogP contribution < -0.4 is 9.84 Å². The molecule has 0 saturated carbocycles. The second kappa shape index (κ2) is 8.48. The maximum atomic E-state index is 12.9. The molecule has 1 saturated heterocycles. The zero-order valence-corrected chi connectivity index (χ0v) is 15.8. The molecule has 0 spiro atoms. The zero-order valence-electron chi connectivity index (χ0n) is 15.8. The predicted octanol–water partition coefficient (Wildman–Crippen LogP) is 1.91. The minimum atomic E-state index is -1.01. The van der Waals surface area contributed by atoms with Crippen LogP contribution in [0.15, 0.2) is 30.5 Å². The van der Waals surface area contributed by atoms with Crippen molar-refractivity contribution < 1.29 is 19.4 Å². The summed E-state index contributed by atoms with van der Waals surface area (Å²) in [7, 11) is 3.59. The van der Waals surface area contributed by atoms with E-state index in [9.17, 15) is 14.7 Å². The Morgan fingerprint density at radius 2 is 2.11 bits per heavy atom. The van der Waals surface area contributed by atoms with Gasteiger partial charge in [0.15, 0.2) is 5.78 Å². The number of ether oxygens (including phenoxy) is 1. The summed E-state index contributed by atoms with van der Waals surface area (Å²) in [4.78, 5) is 30.4. The van der Waals surface area contributed by atoms with E-state index in [2.05, 4.69) is 9.88 Å². The lowest BCUT2D eigenvalue weighted by atomic mass is 9.80. The number of hydrogen-bond acceptors (Lipinski definition) is 6. The summed E-state index contributed by atoms with van der Waals surface area (Å²) in [5, 5.41) is 11.9. The van der Waals surface area contributed by atoms with Crippen molar-refractivity contribution in [2.75, 3.05) is 27.2 Å². The van der Waals surface area contributed by atoms with Gasteiger partial charge in [0.1, 0.15) is 5.75 Å². The van der Waals surface area contributed by atoms with Crippen LogP contribution in [0.2, 0.25) is 0 Å². The maximum absolute atomic E-state index is 12.9. The first-order chi connectivity index (χ1) is 13.0. The minimum Gasteiger partial charge on any atom is -0.550 e. The molecule has 0 aliphatic carbocycles. The summed E-state index contributed by atoms with van der Waals surface area (Å²) in [6.45, 7) is 1.67. The third-order valence-electron chi connectivity index (χ3n) is 5.51. The Balaban J connectivity index is 1.73. The molecule has 1 aromatic heterocycles. The van der Waals surface area contributed by atoms with E-state index < -0.39 is 5.97 Å². The smallest absolute Gasteiger partial charge is 0.163 e. The van der Waals surface area contributed by atoms with Gasteiger partial charge in [-0.3, -0.25) is 9.78 Å². The first-order valence-electron chi connectivity index (χ1n) is 9.32. The minimum absolute atomic E-state index is 0.0378. The number of benzene rings is 1. The summed E-state index contributed by atoms with van der Waals surface area (Å²) < 4.78 is 5.27. The van der Waals surface area contributed by atoms with E-state index in [1.165, 1.54) is 0 Å². The summed E-state index contributed by atoms with van der Waals surface area (Å²) in [5.41, 5.74) is 1.40. The molecule has 0 bridgehead atoms. The Hall–Kier alpha value is -2.47. The number of methoxy groups -OCH3 is 1. The van der Waals surface area contributed by atoms with Crippen LogP contribution in [0.5, 0.6) is 5.75 Å². The van der Waals surface area contributed by atoms with Gasteiger partial charge in [0.05, 0.1) is 12.6 Å². The quantitative estimate of drug-likeness (QED) is 0.694. The second-order valence-electron chi connectivity index (χ2n) is 7.35. The maximum Gasteiger partial charge on any atom is 0.163 e. The number of pyridine rings is 1. The summed E-state index contributed by atoms with van der Waals surface area (Å²) in [5.74, 6) is -0.00367. The van der Waals surface area contributed by atoms with Crippen molar-refractivity contribution in [2.45, 2.75) is 25.7 Å². The van der Waals surface area contributed by atoms with E-state index in [-0.39, 0.29) is 24.0 Å². The van der Waals surface area contributed by atoms with Crippen molar-refractivity contribution >= 4 is 22.7 Å². The Morgan fingerprint density at radius 1 is 1.30 bits per heavy atom. The Morgan fingerprint density at radius 3 is 2.85 bits per heavy atom. The summed E-state index contributed by atoms with van der Waals surface area (Å²) >= 11 is 0. The van der Waals surface area contributed by atoms with E-state index in [1.807, 2.05) is 25.2 Å². The van der Waals surface area contributed by atoms with Crippen LogP contribution in [0.1, 0.15) is 36.0 Å². The molecule has 2 heterocycles. The molecule has 1 fully saturated rings. The van der Waals surface area contributed by atoms with Gasteiger partial charge >= 0.3 is 0 Å². The SMILES string of the molecule is COc1ccc2nccc(C(=O)CCC3CCN(C)CC3CC(=O)[O-])c2c1. The van der Waals surface area contributed by atoms with E-state index in [1.54, 1.807) is 19.4 Å². The number of hydrogen-bond donors (Lipinski definition) is 0. The molecule has 0 radical (unpaired) electrons. The normalized spacial score (nSPS) is 20.5. The fourth-order valence-electron chi connectivity index (χ4n) is 4.03. The standard InChI is InChI=1S/C21H26N2O4/c1-23-10-8-14(15(13-23)11-21(25)26)3-6-20(24)17-7-9-22-19-5-4-16(27-2)12-18(17)19/h4-5,7,9,12,14-15H,3,6,8,10-11,13H2,1-2H3,(H,25,26)/p-1. The van der Waals surface area contributed by atoms with Gasteiger partial charge in [-0.2, -0.15) is 0 Å². The van der Waals surface area contributed by atoms with Crippen molar-refractivity contribution in [1.29, 1.82) is 0 Å². The molecule has 3 rings (SSSR count). The van der Waals surface area contributed by atoms with Gasteiger partial charge in [-0.15, -0.1) is 0 Å². The van der Waals surface area contributed by atoms with Crippen molar-refractivity contribution in [1.82, 2.24) is 9.88 Å². The van der Waals surface area contributed by atoms with Gasteiger partial charge in [-0.25, -0.2) is 0 Å². The molecule has 0 amide bonds. The van der Waals surface area contributed by atoms with Crippen molar-refractivity contribution in [3.63, 3.8) is 0 Å². The number of Topliss-reactive ketones (excluding diaryl/α,β-unsaturated/α-hetero) is 1. The largest absolute Gasteiger partial charge is 0.550 e. The monoisotopic (exact) mass is 369 g/mol. The molecule has 27 heavy (non-hydrogen) atoms. The van der Waals surface area contributed by atoms with Crippen LogP contribution in [-0.2, 0) is 4.79 Å². The molecule has 1 aromatic carbocycles. The molecular formula is C21H25N2O4-. The Bertz CT molecular complexity index is 836. The van der Waals surface area contributed by atoms with Crippen LogP contribution in [0, 0.1) is 11.8 Å². The number of aromatic nitrogens is 1. The number of carbonyl (C=O) groups is 2. The molecule has 6 nitrogen and oxygen atoms in total. The summed E-state index contributed by atoms with van der Waals surface area (Å²) in [6, 6.07) is 7.26. The number of rotatable bonds is 7. The first kappa shape index (κ1) is 19.3. The number of ketones is 1. The van der Waals surface area contributed by atoms with Crippen molar-refractivity contribution in [2.24, 2.45) is 11.8 Å². The fraction of sp³-hybridized carbons (Fsp3) is 0.476. The van der Waals surface area contributed by atoms with E-state index in [0.717, 1.165) is 30.4 Å². The van der Waals surface area contributed by atoms with E-state index >= 15 is 0 Å². The van der Waals surface area contributed by atoms with Gasteiger partial charge < -0.3 is 19.5 Å². The Kier molecular flexibility index (Phi) is 6.06. The first-order valence-corrected chi connectivity index (χ1v) is 9.32. The van der Waals surface area contributed by atoms with Gasteiger partial charge in [0, 0.05) is 36.1 Å². The van der Waals surface area contributed by atoms with Crippen LogP contribution in [-0.4, -0.2) is 48.9 Å².